The maximum Gasteiger partial charge on any atom is 0.194 e. The quantitative estimate of drug-likeness (QED) is 0.438. The average Bonchev–Trinajstić information content (AvgIpc) is 2.85. The van der Waals surface area contributed by atoms with Crippen molar-refractivity contribution in [2.24, 2.45) is 0 Å². The van der Waals surface area contributed by atoms with Gasteiger partial charge in [0.1, 0.15) is 5.60 Å². The molecule has 3 aromatic carbocycles. The SMILES string of the molecule is O=C(c1ccccc1)C1(OCC(O)(Cc2ccccc2)Cc2ccccc2)CCCCC1. The molecule has 1 aliphatic rings. The Hall–Kier alpha value is -2.75. The smallest absolute Gasteiger partial charge is 0.194 e. The van der Waals surface area contributed by atoms with Crippen molar-refractivity contribution >= 4 is 5.78 Å². The number of hydrogen-bond donors (Lipinski definition) is 1. The zero-order valence-electron chi connectivity index (χ0n) is 18.6. The van der Waals surface area contributed by atoms with Gasteiger partial charge >= 0.3 is 0 Å². The third-order valence-corrected chi connectivity index (χ3v) is 6.48. The highest BCUT2D eigenvalue weighted by Gasteiger charge is 2.43. The Balaban J connectivity index is 1.58. The molecule has 0 radical (unpaired) electrons. The molecule has 1 saturated carbocycles. The first-order valence-corrected chi connectivity index (χ1v) is 11.6. The topological polar surface area (TPSA) is 46.5 Å². The van der Waals surface area contributed by atoms with Crippen molar-refractivity contribution in [3.63, 3.8) is 0 Å². The van der Waals surface area contributed by atoms with Crippen LogP contribution in [0, 0.1) is 0 Å². The van der Waals surface area contributed by atoms with Gasteiger partial charge in [-0.05, 0) is 24.0 Å². The second kappa shape index (κ2) is 10.2. The summed E-state index contributed by atoms with van der Waals surface area (Å²) in [6.45, 7) is 0.120. The van der Waals surface area contributed by atoms with Gasteiger partial charge in [0.2, 0.25) is 0 Å². The third-order valence-electron chi connectivity index (χ3n) is 6.48. The molecule has 0 aliphatic heterocycles. The number of rotatable bonds is 9. The maximum absolute atomic E-state index is 13.5. The molecule has 32 heavy (non-hydrogen) atoms. The van der Waals surface area contributed by atoms with E-state index in [1.807, 2.05) is 91.0 Å². The minimum Gasteiger partial charge on any atom is -0.387 e. The van der Waals surface area contributed by atoms with Gasteiger partial charge in [-0.1, -0.05) is 110 Å². The first-order valence-electron chi connectivity index (χ1n) is 11.6. The highest BCUT2D eigenvalue weighted by Crippen LogP contribution is 2.36. The maximum atomic E-state index is 13.5. The van der Waals surface area contributed by atoms with Crippen molar-refractivity contribution < 1.29 is 14.6 Å². The molecule has 0 unspecified atom stereocenters. The number of aliphatic hydroxyl groups is 1. The summed E-state index contributed by atoms with van der Waals surface area (Å²) in [6, 6.07) is 29.5. The monoisotopic (exact) mass is 428 g/mol. The fourth-order valence-electron chi connectivity index (χ4n) is 4.80. The van der Waals surface area contributed by atoms with Crippen molar-refractivity contribution in [3.05, 3.63) is 108 Å². The van der Waals surface area contributed by atoms with E-state index in [4.69, 9.17) is 4.74 Å². The van der Waals surface area contributed by atoms with Crippen molar-refractivity contribution in [3.8, 4) is 0 Å². The van der Waals surface area contributed by atoms with E-state index in [9.17, 15) is 9.90 Å². The molecule has 4 rings (SSSR count). The highest BCUT2D eigenvalue weighted by molar-refractivity contribution is 6.02. The van der Waals surface area contributed by atoms with Crippen LogP contribution < -0.4 is 0 Å². The lowest BCUT2D eigenvalue weighted by atomic mass is 9.79. The zero-order chi connectivity index (χ0) is 22.3. The Labute approximate surface area is 191 Å². The van der Waals surface area contributed by atoms with E-state index in [0.717, 1.165) is 30.4 Å². The van der Waals surface area contributed by atoms with Crippen LogP contribution in [-0.4, -0.2) is 28.7 Å². The van der Waals surface area contributed by atoms with Crippen molar-refractivity contribution in [2.45, 2.75) is 56.1 Å². The molecular weight excluding hydrogens is 396 g/mol. The molecule has 1 N–H and O–H groups in total. The van der Waals surface area contributed by atoms with E-state index in [-0.39, 0.29) is 12.4 Å². The Kier molecular flexibility index (Phi) is 7.19. The standard InChI is InChI=1S/C29H32O3/c30-27(26-17-9-3-10-18-26)29(19-11-4-12-20-29)32-23-28(31,21-24-13-5-1-6-14-24)22-25-15-7-2-8-16-25/h1-3,5-10,13-18,31H,4,11-12,19-23H2. The predicted octanol–water partition coefficient (Wildman–Crippen LogP) is 5.81. The predicted molar refractivity (Wildman–Crippen MR) is 128 cm³/mol. The second-order valence-electron chi connectivity index (χ2n) is 9.09. The molecule has 0 aromatic heterocycles. The normalized spacial score (nSPS) is 15.9. The summed E-state index contributed by atoms with van der Waals surface area (Å²) >= 11 is 0. The van der Waals surface area contributed by atoms with Crippen molar-refractivity contribution in [1.82, 2.24) is 0 Å². The van der Waals surface area contributed by atoms with Crippen LogP contribution in [0.2, 0.25) is 0 Å². The summed E-state index contributed by atoms with van der Waals surface area (Å²) in [4.78, 5) is 13.5. The van der Waals surface area contributed by atoms with Crippen LogP contribution in [0.4, 0.5) is 0 Å². The van der Waals surface area contributed by atoms with Crippen LogP contribution in [0.25, 0.3) is 0 Å². The first-order chi connectivity index (χ1) is 15.6. The van der Waals surface area contributed by atoms with Gasteiger partial charge in [0.15, 0.2) is 5.78 Å². The van der Waals surface area contributed by atoms with Crippen molar-refractivity contribution in [1.29, 1.82) is 0 Å². The van der Waals surface area contributed by atoms with E-state index in [1.54, 1.807) is 0 Å². The molecule has 1 aliphatic carbocycles. The van der Waals surface area contributed by atoms with E-state index in [2.05, 4.69) is 0 Å². The van der Waals surface area contributed by atoms with Crippen molar-refractivity contribution in [2.75, 3.05) is 6.61 Å². The number of benzene rings is 3. The average molecular weight is 429 g/mol. The van der Waals surface area contributed by atoms with Gasteiger partial charge in [0.25, 0.3) is 0 Å². The Bertz CT molecular complexity index is 935. The molecule has 3 nitrogen and oxygen atoms in total. The molecular formula is C29H32O3. The lowest BCUT2D eigenvalue weighted by molar-refractivity contribution is -0.113. The van der Waals surface area contributed by atoms with Crippen LogP contribution in [0.3, 0.4) is 0 Å². The Morgan fingerprint density at radius 3 is 1.72 bits per heavy atom. The van der Waals surface area contributed by atoms with Gasteiger partial charge in [-0.3, -0.25) is 4.79 Å². The number of ether oxygens (including phenoxy) is 1. The van der Waals surface area contributed by atoms with Gasteiger partial charge in [0.05, 0.1) is 12.2 Å². The summed E-state index contributed by atoms with van der Waals surface area (Å²) in [5.41, 5.74) is 0.831. The van der Waals surface area contributed by atoms with Gasteiger partial charge < -0.3 is 9.84 Å². The molecule has 0 heterocycles. The largest absolute Gasteiger partial charge is 0.387 e. The summed E-state index contributed by atoms with van der Waals surface area (Å²) in [7, 11) is 0. The molecule has 166 valence electrons. The molecule has 3 heteroatoms. The summed E-state index contributed by atoms with van der Waals surface area (Å²) in [6.07, 6.45) is 5.39. The van der Waals surface area contributed by atoms with E-state index in [1.165, 1.54) is 0 Å². The Morgan fingerprint density at radius 2 is 1.22 bits per heavy atom. The molecule has 3 aromatic rings. The van der Waals surface area contributed by atoms with Gasteiger partial charge in [-0.2, -0.15) is 0 Å². The van der Waals surface area contributed by atoms with Crippen LogP contribution >= 0.6 is 0 Å². The molecule has 0 amide bonds. The van der Waals surface area contributed by atoms with Crippen LogP contribution in [0.15, 0.2) is 91.0 Å². The third kappa shape index (κ3) is 5.53. The van der Waals surface area contributed by atoms with E-state index < -0.39 is 11.2 Å². The fourth-order valence-corrected chi connectivity index (χ4v) is 4.80. The molecule has 0 bridgehead atoms. The first kappa shape index (κ1) is 22.4. The van der Waals surface area contributed by atoms with Gasteiger partial charge in [-0.25, -0.2) is 0 Å². The molecule has 0 spiro atoms. The van der Waals surface area contributed by atoms with Gasteiger partial charge in [-0.15, -0.1) is 0 Å². The lowest BCUT2D eigenvalue weighted by Crippen LogP contribution is -2.49. The van der Waals surface area contributed by atoms with E-state index >= 15 is 0 Å². The number of ketones is 1. The summed E-state index contributed by atoms with van der Waals surface area (Å²) in [5, 5.41) is 11.8. The zero-order valence-corrected chi connectivity index (χ0v) is 18.6. The number of hydrogen-bond acceptors (Lipinski definition) is 3. The second-order valence-corrected chi connectivity index (χ2v) is 9.09. The molecule has 1 fully saturated rings. The van der Waals surface area contributed by atoms with Crippen LogP contribution in [0.1, 0.15) is 53.6 Å². The molecule has 0 saturated heterocycles. The lowest BCUT2D eigenvalue weighted by Gasteiger charge is -2.39. The van der Waals surface area contributed by atoms with Crippen LogP contribution in [0.5, 0.6) is 0 Å². The highest BCUT2D eigenvalue weighted by atomic mass is 16.5. The minimum absolute atomic E-state index is 0.0413. The molecule has 0 atom stereocenters. The summed E-state index contributed by atoms with van der Waals surface area (Å²) < 4.78 is 6.50. The minimum atomic E-state index is -1.11. The van der Waals surface area contributed by atoms with E-state index in [0.29, 0.717) is 31.2 Å². The fraction of sp³-hybridized carbons (Fsp3) is 0.345. The number of carbonyl (C=O) groups is 1. The number of carbonyl (C=O) groups excluding carboxylic acids is 1. The van der Waals surface area contributed by atoms with Crippen LogP contribution in [-0.2, 0) is 17.6 Å². The van der Waals surface area contributed by atoms with Gasteiger partial charge in [0, 0.05) is 18.4 Å². The number of Topliss-reactive ketones (excluding diaryl/α,β-unsaturated/α-hetero) is 1. The Morgan fingerprint density at radius 1 is 0.750 bits per heavy atom. The summed E-state index contributed by atoms with van der Waals surface area (Å²) in [5.74, 6) is 0.0413.